The minimum Gasteiger partial charge on any atom is -0.160 e. The van der Waals surface area contributed by atoms with Gasteiger partial charge in [-0.05, 0) is 24.6 Å². The molecule has 0 amide bonds. The van der Waals surface area contributed by atoms with Gasteiger partial charge in [0.1, 0.15) is 0 Å². The minimum absolute atomic E-state index is 0.682. The van der Waals surface area contributed by atoms with E-state index in [1.165, 1.54) is 11.1 Å². The van der Waals surface area contributed by atoms with E-state index in [0.29, 0.717) is 12.4 Å². The number of tetrazole rings is 1. The van der Waals surface area contributed by atoms with Crippen LogP contribution in [0, 0.1) is 13.8 Å². The van der Waals surface area contributed by atoms with E-state index >= 15 is 0 Å². The molecule has 0 saturated heterocycles. The second-order valence-electron chi connectivity index (χ2n) is 3.35. The van der Waals surface area contributed by atoms with E-state index in [1.807, 2.05) is 6.92 Å². The van der Waals surface area contributed by atoms with Crippen LogP contribution in [-0.4, -0.2) is 20.2 Å². The molecular formula is C10H12N4. The molecule has 0 spiro atoms. The molecule has 0 atom stereocenters. The predicted molar refractivity (Wildman–Crippen MR) is 52.8 cm³/mol. The van der Waals surface area contributed by atoms with Gasteiger partial charge in [-0.15, -0.1) is 10.2 Å². The van der Waals surface area contributed by atoms with E-state index in [0.717, 1.165) is 0 Å². The monoisotopic (exact) mass is 188 g/mol. The van der Waals surface area contributed by atoms with Crippen LogP contribution in [0.4, 0.5) is 0 Å². The molecule has 0 radical (unpaired) electrons. The van der Waals surface area contributed by atoms with Gasteiger partial charge in [0.15, 0.2) is 5.82 Å². The number of aromatic nitrogens is 4. The van der Waals surface area contributed by atoms with Gasteiger partial charge in [-0.2, -0.15) is 4.80 Å². The maximum atomic E-state index is 4.12. The number of hydrogen-bond acceptors (Lipinski definition) is 3. The molecule has 0 bridgehead atoms. The lowest BCUT2D eigenvalue weighted by molar-refractivity contribution is 0.571. The van der Waals surface area contributed by atoms with Crippen LogP contribution >= 0.6 is 0 Å². The van der Waals surface area contributed by atoms with Gasteiger partial charge in [0, 0.05) is 0 Å². The highest BCUT2D eigenvalue weighted by Crippen LogP contribution is 2.03. The van der Waals surface area contributed by atoms with Gasteiger partial charge in [0.25, 0.3) is 0 Å². The van der Waals surface area contributed by atoms with Crippen molar-refractivity contribution in [2.24, 2.45) is 0 Å². The number of hydrogen-bond donors (Lipinski definition) is 0. The molecule has 0 aliphatic rings. The van der Waals surface area contributed by atoms with Gasteiger partial charge < -0.3 is 0 Å². The van der Waals surface area contributed by atoms with Crippen LogP contribution < -0.4 is 0 Å². The topological polar surface area (TPSA) is 43.6 Å². The summed E-state index contributed by atoms with van der Waals surface area (Å²) in [5.74, 6) is 0.706. The predicted octanol–water partition coefficient (Wildman–Crippen LogP) is 1.34. The Bertz CT molecular complexity index is 416. The maximum absolute atomic E-state index is 4.12. The van der Waals surface area contributed by atoms with Crippen molar-refractivity contribution in [1.82, 2.24) is 20.2 Å². The van der Waals surface area contributed by atoms with E-state index in [-0.39, 0.29) is 0 Å². The molecule has 4 nitrogen and oxygen atoms in total. The van der Waals surface area contributed by atoms with Crippen molar-refractivity contribution in [3.63, 3.8) is 0 Å². The van der Waals surface area contributed by atoms with Crippen molar-refractivity contribution in [2.75, 3.05) is 0 Å². The van der Waals surface area contributed by atoms with Crippen LogP contribution in [0.2, 0.25) is 0 Å². The minimum atomic E-state index is 0.682. The number of nitrogens with zero attached hydrogens (tertiary/aromatic N) is 4. The summed E-state index contributed by atoms with van der Waals surface area (Å²) >= 11 is 0. The van der Waals surface area contributed by atoms with E-state index < -0.39 is 0 Å². The first-order valence-corrected chi connectivity index (χ1v) is 4.54. The molecule has 2 rings (SSSR count). The first-order valence-electron chi connectivity index (χ1n) is 4.54. The second-order valence-corrected chi connectivity index (χ2v) is 3.35. The summed E-state index contributed by atoms with van der Waals surface area (Å²) in [6.07, 6.45) is 0. The van der Waals surface area contributed by atoms with E-state index in [2.05, 4.69) is 46.6 Å². The third-order valence-electron chi connectivity index (χ3n) is 2.00. The molecule has 0 fully saturated rings. The Morgan fingerprint density at radius 1 is 1.14 bits per heavy atom. The molecule has 1 heterocycles. The van der Waals surface area contributed by atoms with Crippen molar-refractivity contribution in [3.8, 4) is 0 Å². The lowest BCUT2D eigenvalue weighted by Crippen LogP contribution is -2.03. The zero-order chi connectivity index (χ0) is 9.97. The average molecular weight is 188 g/mol. The standard InChI is InChI=1S/C10H12N4/c1-8-3-5-10(6-4-8)7-14-12-9(2)11-13-14/h3-6H,7H2,1-2H3. The van der Waals surface area contributed by atoms with Crippen molar-refractivity contribution in [2.45, 2.75) is 20.4 Å². The maximum Gasteiger partial charge on any atom is 0.171 e. The second kappa shape index (κ2) is 3.57. The molecule has 1 aromatic heterocycles. The quantitative estimate of drug-likeness (QED) is 0.714. The molecule has 14 heavy (non-hydrogen) atoms. The fourth-order valence-corrected chi connectivity index (χ4v) is 1.25. The van der Waals surface area contributed by atoms with Crippen LogP contribution in [0.5, 0.6) is 0 Å². The molecule has 4 heteroatoms. The highest BCUT2D eigenvalue weighted by molar-refractivity contribution is 5.21. The van der Waals surface area contributed by atoms with Crippen molar-refractivity contribution < 1.29 is 0 Å². The summed E-state index contributed by atoms with van der Waals surface area (Å²) in [6, 6.07) is 8.32. The van der Waals surface area contributed by atoms with Gasteiger partial charge in [0.05, 0.1) is 6.54 Å². The van der Waals surface area contributed by atoms with Crippen molar-refractivity contribution >= 4 is 0 Å². The van der Waals surface area contributed by atoms with E-state index in [1.54, 1.807) is 4.80 Å². The third kappa shape index (κ3) is 1.96. The Labute approximate surface area is 82.6 Å². The van der Waals surface area contributed by atoms with Gasteiger partial charge in [-0.1, -0.05) is 29.8 Å². The molecule has 0 unspecified atom stereocenters. The summed E-state index contributed by atoms with van der Waals surface area (Å²) < 4.78 is 0. The fourth-order valence-electron chi connectivity index (χ4n) is 1.25. The Hall–Kier alpha value is -1.71. The summed E-state index contributed by atoms with van der Waals surface area (Å²) in [7, 11) is 0. The van der Waals surface area contributed by atoms with Gasteiger partial charge in [-0.3, -0.25) is 0 Å². The van der Waals surface area contributed by atoms with E-state index in [9.17, 15) is 0 Å². The van der Waals surface area contributed by atoms with E-state index in [4.69, 9.17) is 0 Å². The Morgan fingerprint density at radius 3 is 2.43 bits per heavy atom. The van der Waals surface area contributed by atoms with Crippen LogP contribution in [0.3, 0.4) is 0 Å². The third-order valence-corrected chi connectivity index (χ3v) is 2.00. The highest BCUT2D eigenvalue weighted by atomic mass is 15.6. The summed E-state index contributed by atoms with van der Waals surface area (Å²) in [5, 5.41) is 11.8. The number of aryl methyl sites for hydroxylation is 2. The summed E-state index contributed by atoms with van der Waals surface area (Å²) in [5.41, 5.74) is 2.45. The molecule has 0 aliphatic carbocycles. The SMILES string of the molecule is Cc1ccc(Cn2nnc(C)n2)cc1. The molecule has 72 valence electrons. The molecule has 0 aliphatic heterocycles. The van der Waals surface area contributed by atoms with Crippen LogP contribution in [0.1, 0.15) is 17.0 Å². The summed E-state index contributed by atoms with van der Waals surface area (Å²) in [6.45, 7) is 4.58. The molecular weight excluding hydrogens is 176 g/mol. The normalized spacial score (nSPS) is 10.4. The molecule has 0 saturated carbocycles. The van der Waals surface area contributed by atoms with Gasteiger partial charge >= 0.3 is 0 Å². The number of benzene rings is 1. The zero-order valence-electron chi connectivity index (χ0n) is 8.31. The van der Waals surface area contributed by atoms with Crippen LogP contribution in [0.25, 0.3) is 0 Å². The lowest BCUT2D eigenvalue weighted by Gasteiger charge is -1.99. The highest BCUT2D eigenvalue weighted by Gasteiger charge is 1.98. The molecule has 1 aromatic carbocycles. The zero-order valence-corrected chi connectivity index (χ0v) is 8.31. The number of rotatable bonds is 2. The van der Waals surface area contributed by atoms with Gasteiger partial charge in [0.2, 0.25) is 0 Å². The van der Waals surface area contributed by atoms with Crippen molar-refractivity contribution in [3.05, 3.63) is 41.2 Å². The van der Waals surface area contributed by atoms with Gasteiger partial charge in [-0.25, -0.2) is 0 Å². The molecule has 0 N–H and O–H groups in total. The lowest BCUT2D eigenvalue weighted by atomic mass is 10.1. The first-order chi connectivity index (χ1) is 6.74. The summed E-state index contributed by atoms with van der Waals surface area (Å²) in [4.78, 5) is 1.60. The van der Waals surface area contributed by atoms with Crippen LogP contribution in [-0.2, 0) is 6.54 Å². The average Bonchev–Trinajstić information content (AvgIpc) is 2.56. The first kappa shape index (κ1) is 8.87. The largest absolute Gasteiger partial charge is 0.171 e. The Kier molecular flexibility index (Phi) is 2.26. The smallest absolute Gasteiger partial charge is 0.160 e. The Morgan fingerprint density at radius 2 is 1.86 bits per heavy atom. The van der Waals surface area contributed by atoms with Crippen molar-refractivity contribution in [1.29, 1.82) is 0 Å². The van der Waals surface area contributed by atoms with Crippen LogP contribution in [0.15, 0.2) is 24.3 Å². The fraction of sp³-hybridized carbons (Fsp3) is 0.300. The molecule has 2 aromatic rings. The Balaban J connectivity index is 2.15.